The molecule has 0 bridgehead atoms. The Balaban J connectivity index is 2.39. The Labute approximate surface area is 124 Å². The molecule has 20 heavy (non-hydrogen) atoms. The maximum absolute atomic E-state index is 12.6. The van der Waals surface area contributed by atoms with Crippen LogP contribution in [0.1, 0.15) is 44.5 Å². The third kappa shape index (κ3) is 2.45. The van der Waals surface area contributed by atoms with E-state index in [0.29, 0.717) is 17.0 Å². The third-order valence-corrected chi connectivity index (χ3v) is 3.86. The number of hydrogen-bond donors (Lipinski definition) is 1. The Hall–Kier alpha value is -1.39. The lowest BCUT2D eigenvalue weighted by atomic mass is 9.80. The van der Waals surface area contributed by atoms with Crippen molar-refractivity contribution in [3.63, 3.8) is 0 Å². The summed E-state index contributed by atoms with van der Waals surface area (Å²) in [4.78, 5) is 12.6. The minimum atomic E-state index is -1.31. The molecule has 1 aromatic rings. The van der Waals surface area contributed by atoms with Crippen molar-refractivity contribution in [1.29, 1.82) is 0 Å². The fourth-order valence-electron chi connectivity index (χ4n) is 2.23. The lowest BCUT2D eigenvalue weighted by molar-refractivity contribution is -0.143. The van der Waals surface area contributed by atoms with Gasteiger partial charge in [0.1, 0.15) is 0 Å². The van der Waals surface area contributed by atoms with Gasteiger partial charge in [0.2, 0.25) is 0 Å². The van der Waals surface area contributed by atoms with Crippen LogP contribution in [0, 0.1) is 5.41 Å². The number of hydrazone groups is 1. The Kier molecular flexibility index (Phi) is 3.65. The average molecular weight is 295 g/mol. The van der Waals surface area contributed by atoms with Gasteiger partial charge in [0.15, 0.2) is 5.72 Å². The Bertz CT molecular complexity index is 560. The second kappa shape index (κ2) is 4.86. The van der Waals surface area contributed by atoms with Crippen LogP contribution in [0.2, 0.25) is 5.02 Å². The molecule has 4 nitrogen and oxygen atoms in total. The van der Waals surface area contributed by atoms with E-state index in [-0.39, 0.29) is 5.91 Å². The van der Waals surface area contributed by atoms with E-state index in [1.54, 1.807) is 24.3 Å². The molecule has 0 aromatic heterocycles. The van der Waals surface area contributed by atoms with Crippen molar-refractivity contribution in [3.05, 3.63) is 34.9 Å². The summed E-state index contributed by atoms with van der Waals surface area (Å²) in [6, 6.07) is 6.57. The lowest BCUT2D eigenvalue weighted by Gasteiger charge is -2.41. The number of hydrogen-bond acceptors (Lipinski definition) is 3. The van der Waals surface area contributed by atoms with Crippen molar-refractivity contribution >= 4 is 23.2 Å². The molecular weight excluding hydrogens is 276 g/mol. The summed E-state index contributed by atoms with van der Waals surface area (Å²) >= 11 is 5.83. The molecule has 108 valence electrons. The Morgan fingerprint density at radius 3 is 2.40 bits per heavy atom. The highest BCUT2D eigenvalue weighted by Gasteiger charge is 2.51. The molecule has 1 heterocycles. The minimum absolute atomic E-state index is 0.323. The summed E-state index contributed by atoms with van der Waals surface area (Å²) in [5.41, 5.74) is -0.621. The van der Waals surface area contributed by atoms with Crippen molar-refractivity contribution in [3.8, 4) is 0 Å². The van der Waals surface area contributed by atoms with Crippen LogP contribution in [-0.2, 0) is 0 Å². The topological polar surface area (TPSA) is 52.9 Å². The summed E-state index contributed by atoms with van der Waals surface area (Å²) in [5, 5.41) is 16.9. The van der Waals surface area contributed by atoms with Gasteiger partial charge in [-0.1, -0.05) is 32.4 Å². The van der Waals surface area contributed by atoms with E-state index >= 15 is 0 Å². The molecule has 1 unspecified atom stereocenters. The number of nitrogens with zero attached hydrogens (tertiary/aromatic N) is 2. The fraction of sp³-hybridized carbons (Fsp3) is 0.467. The van der Waals surface area contributed by atoms with Crippen LogP contribution in [0.3, 0.4) is 0 Å². The van der Waals surface area contributed by atoms with Crippen LogP contribution in [0.4, 0.5) is 0 Å². The Morgan fingerprint density at radius 1 is 1.35 bits per heavy atom. The van der Waals surface area contributed by atoms with Crippen molar-refractivity contribution in [2.24, 2.45) is 10.5 Å². The highest BCUT2D eigenvalue weighted by atomic mass is 35.5. The SMILES string of the molecule is CC1=NN(C(=O)c2ccc(Cl)cc2)C(O)(C(C)(C)C)C1. The zero-order valence-electron chi connectivity index (χ0n) is 12.1. The van der Waals surface area contributed by atoms with Gasteiger partial charge in [-0.3, -0.25) is 4.79 Å². The maximum atomic E-state index is 12.6. The fourth-order valence-corrected chi connectivity index (χ4v) is 2.36. The lowest BCUT2D eigenvalue weighted by Crippen LogP contribution is -2.54. The average Bonchev–Trinajstić information content (AvgIpc) is 2.65. The van der Waals surface area contributed by atoms with Crippen LogP contribution in [0.5, 0.6) is 0 Å². The standard InChI is InChI=1S/C15H19ClN2O2/c1-10-9-15(20,14(2,3)4)18(17-10)13(19)11-5-7-12(16)8-6-11/h5-8,20H,9H2,1-4H3. The number of rotatable bonds is 1. The molecule has 2 rings (SSSR count). The second-order valence-corrected chi connectivity index (χ2v) is 6.64. The van der Waals surface area contributed by atoms with Crippen LogP contribution < -0.4 is 0 Å². The second-order valence-electron chi connectivity index (χ2n) is 6.20. The first-order valence-corrected chi connectivity index (χ1v) is 6.89. The molecule has 0 radical (unpaired) electrons. The first-order chi connectivity index (χ1) is 9.15. The predicted molar refractivity (Wildman–Crippen MR) is 79.8 cm³/mol. The third-order valence-electron chi connectivity index (χ3n) is 3.61. The Morgan fingerprint density at radius 2 is 1.90 bits per heavy atom. The van der Waals surface area contributed by atoms with Gasteiger partial charge in [-0.2, -0.15) is 10.1 Å². The monoisotopic (exact) mass is 294 g/mol. The molecule has 0 aliphatic carbocycles. The van der Waals surface area contributed by atoms with E-state index in [2.05, 4.69) is 5.10 Å². The number of halogens is 1. The zero-order valence-corrected chi connectivity index (χ0v) is 12.9. The summed E-state index contributed by atoms with van der Waals surface area (Å²) < 4.78 is 0. The minimum Gasteiger partial charge on any atom is -0.368 e. The molecule has 5 heteroatoms. The quantitative estimate of drug-likeness (QED) is 0.864. The molecule has 0 saturated carbocycles. The number of aliphatic hydroxyl groups is 1. The van der Waals surface area contributed by atoms with Crippen LogP contribution >= 0.6 is 11.6 Å². The molecule has 1 aromatic carbocycles. The molecule has 1 atom stereocenters. The van der Waals surface area contributed by atoms with Crippen LogP contribution in [-0.4, -0.2) is 27.5 Å². The molecular formula is C15H19ClN2O2. The first-order valence-electron chi connectivity index (χ1n) is 6.52. The number of amides is 1. The predicted octanol–water partition coefficient (Wildman–Crippen LogP) is 3.30. The van der Waals surface area contributed by atoms with E-state index in [4.69, 9.17) is 11.6 Å². The molecule has 0 spiro atoms. The van der Waals surface area contributed by atoms with Gasteiger partial charge >= 0.3 is 0 Å². The molecule has 1 aliphatic rings. The van der Waals surface area contributed by atoms with Gasteiger partial charge in [-0.25, -0.2) is 0 Å². The molecule has 0 fully saturated rings. The van der Waals surface area contributed by atoms with E-state index < -0.39 is 11.1 Å². The molecule has 0 saturated heterocycles. The summed E-state index contributed by atoms with van der Waals surface area (Å²) in [7, 11) is 0. The van der Waals surface area contributed by atoms with Gasteiger partial charge in [-0.05, 0) is 31.2 Å². The van der Waals surface area contributed by atoms with Gasteiger partial charge in [0, 0.05) is 28.1 Å². The molecule has 1 N–H and O–H groups in total. The summed E-state index contributed by atoms with van der Waals surface area (Å²) in [5.74, 6) is -0.323. The first kappa shape index (κ1) is 15.0. The van der Waals surface area contributed by atoms with E-state index in [1.807, 2.05) is 27.7 Å². The van der Waals surface area contributed by atoms with E-state index in [9.17, 15) is 9.90 Å². The van der Waals surface area contributed by atoms with Crippen molar-refractivity contribution < 1.29 is 9.90 Å². The summed E-state index contributed by atoms with van der Waals surface area (Å²) in [6.45, 7) is 7.49. The van der Waals surface area contributed by atoms with Gasteiger partial charge in [-0.15, -0.1) is 0 Å². The van der Waals surface area contributed by atoms with E-state index in [0.717, 1.165) is 5.71 Å². The molecule has 1 amide bonds. The molecule has 1 aliphatic heterocycles. The zero-order chi connectivity index (χ0) is 15.1. The number of carbonyl (C=O) groups is 1. The van der Waals surface area contributed by atoms with E-state index in [1.165, 1.54) is 5.01 Å². The normalized spacial score (nSPS) is 22.9. The smallest absolute Gasteiger partial charge is 0.276 e. The van der Waals surface area contributed by atoms with Gasteiger partial charge in [0.05, 0.1) is 0 Å². The summed E-state index contributed by atoms with van der Waals surface area (Å²) in [6.07, 6.45) is 0.357. The van der Waals surface area contributed by atoms with Gasteiger partial charge < -0.3 is 5.11 Å². The van der Waals surface area contributed by atoms with Crippen molar-refractivity contribution in [2.75, 3.05) is 0 Å². The van der Waals surface area contributed by atoms with Crippen molar-refractivity contribution in [2.45, 2.75) is 39.8 Å². The van der Waals surface area contributed by atoms with Crippen molar-refractivity contribution in [1.82, 2.24) is 5.01 Å². The highest BCUT2D eigenvalue weighted by Crippen LogP contribution is 2.41. The van der Waals surface area contributed by atoms with Crippen LogP contribution in [0.15, 0.2) is 29.4 Å². The number of benzene rings is 1. The maximum Gasteiger partial charge on any atom is 0.276 e. The van der Waals surface area contributed by atoms with Gasteiger partial charge in [0.25, 0.3) is 5.91 Å². The largest absolute Gasteiger partial charge is 0.368 e. The van der Waals surface area contributed by atoms with Crippen LogP contribution in [0.25, 0.3) is 0 Å². The highest BCUT2D eigenvalue weighted by molar-refractivity contribution is 6.30. The number of carbonyl (C=O) groups excluding carboxylic acids is 1.